The van der Waals surface area contributed by atoms with Gasteiger partial charge >= 0.3 is 11.9 Å². The number of carbonyl (C=O) groups excluding carboxylic acids is 2. The molecule has 2 saturated carbocycles. The van der Waals surface area contributed by atoms with Crippen LogP contribution in [-0.2, 0) is 25.5 Å². The van der Waals surface area contributed by atoms with Gasteiger partial charge in [0.25, 0.3) is 0 Å². The van der Waals surface area contributed by atoms with Crippen LogP contribution in [0.1, 0.15) is 84.8 Å². The first kappa shape index (κ1) is 31.5. The highest BCUT2D eigenvalue weighted by molar-refractivity contribution is 5.89. The van der Waals surface area contributed by atoms with Gasteiger partial charge in [0, 0.05) is 12.0 Å². The van der Waals surface area contributed by atoms with Gasteiger partial charge in [0.05, 0.1) is 37.0 Å². The number of carbonyl (C=O) groups is 3. The second-order valence-electron chi connectivity index (χ2n) is 14.6. The van der Waals surface area contributed by atoms with E-state index in [1.165, 1.54) is 11.3 Å². The molecule has 10 heteroatoms. The first-order chi connectivity index (χ1) is 21.5. The van der Waals surface area contributed by atoms with Crippen LogP contribution in [0.5, 0.6) is 11.6 Å². The van der Waals surface area contributed by atoms with E-state index in [9.17, 15) is 19.5 Å². The summed E-state index contributed by atoms with van der Waals surface area (Å²) in [5.41, 5.74) is 1.51. The summed E-state index contributed by atoms with van der Waals surface area (Å²) >= 11 is 0. The van der Waals surface area contributed by atoms with Crippen molar-refractivity contribution in [3.63, 3.8) is 0 Å². The summed E-state index contributed by atoms with van der Waals surface area (Å²) in [5, 5.41) is 10.4. The maximum atomic E-state index is 14.3. The fourth-order valence-electron chi connectivity index (χ4n) is 8.16. The Hall–Kier alpha value is -3.43. The summed E-state index contributed by atoms with van der Waals surface area (Å²) in [7, 11) is 1.60. The van der Waals surface area contributed by atoms with E-state index >= 15 is 0 Å². The van der Waals surface area contributed by atoms with Crippen LogP contribution in [-0.4, -0.2) is 69.7 Å². The zero-order valence-electron chi connectivity index (χ0n) is 27.2. The Labute approximate surface area is 265 Å². The number of aryl methyl sites for hydroxylation is 1. The Kier molecular flexibility index (Phi) is 8.69. The molecule has 2 aliphatic carbocycles. The van der Waals surface area contributed by atoms with Crippen LogP contribution in [0.3, 0.4) is 0 Å². The lowest BCUT2D eigenvalue weighted by atomic mass is 9.77. The van der Waals surface area contributed by atoms with Gasteiger partial charge < -0.3 is 24.2 Å². The minimum Gasteiger partial charge on any atom is -0.497 e. The zero-order valence-corrected chi connectivity index (χ0v) is 27.2. The molecule has 10 nitrogen and oxygen atoms in total. The largest absolute Gasteiger partial charge is 0.497 e. The van der Waals surface area contributed by atoms with Crippen molar-refractivity contribution in [1.82, 2.24) is 14.9 Å². The van der Waals surface area contributed by atoms with Crippen LogP contribution in [0.15, 0.2) is 18.2 Å². The molecule has 6 rings (SSSR count). The number of aromatic nitrogens is 2. The second-order valence-corrected chi connectivity index (χ2v) is 14.6. The van der Waals surface area contributed by atoms with Crippen molar-refractivity contribution in [1.29, 1.82) is 0 Å². The first-order valence-electron chi connectivity index (χ1n) is 16.7. The van der Waals surface area contributed by atoms with Crippen molar-refractivity contribution < 1.29 is 33.7 Å². The van der Waals surface area contributed by atoms with Crippen molar-refractivity contribution >= 4 is 28.9 Å². The summed E-state index contributed by atoms with van der Waals surface area (Å²) in [6.45, 7) is 7.76. The van der Waals surface area contributed by atoms with E-state index < -0.39 is 35.4 Å². The number of esters is 1. The third-order valence-corrected chi connectivity index (χ3v) is 10.8. The number of hydrogen-bond acceptors (Lipinski definition) is 8. The lowest BCUT2D eigenvalue weighted by Crippen LogP contribution is -2.48. The summed E-state index contributed by atoms with van der Waals surface area (Å²) in [4.78, 5) is 51.7. The summed E-state index contributed by atoms with van der Waals surface area (Å²) in [6, 6.07) is 4.48. The Balaban J connectivity index is 1.38. The molecule has 1 saturated heterocycles. The maximum absolute atomic E-state index is 14.3. The lowest BCUT2D eigenvalue weighted by Gasteiger charge is -2.34. The molecule has 2 bridgehead atoms. The van der Waals surface area contributed by atoms with Gasteiger partial charge in [-0.05, 0) is 73.8 Å². The molecular weight excluding hydrogens is 574 g/mol. The van der Waals surface area contributed by atoms with E-state index in [1.54, 1.807) is 7.11 Å². The topological polar surface area (TPSA) is 128 Å². The van der Waals surface area contributed by atoms with Crippen LogP contribution >= 0.6 is 0 Å². The average molecular weight is 622 g/mol. The van der Waals surface area contributed by atoms with Crippen LogP contribution in [0.2, 0.25) is 0 Å². The maximum Gasteiger partial charge on any atom is 0.326 e. The SMILES string of the molecule is CC[C@@H]1[C@@H]2CN(C(=O)[C@H](C(C)(C)C)CC(=O)O[C@@H]3C[C@@H]4C[C@@H]4[C@H]3CCCCCc3nc4ccc(OC)cc4nc3O2)[C@@H]1C(=O)O. The van der Waals surface area contributed by atoms with Gasteiger partial charge in [-0.25, -0.2) is 14.8 Å². The third-order valence-electron chi connectivity index (χ3n) is 10.8. The molecule has 1 aromatic carbocycles. The van der Waals surface area contributed by atoms with Crippen molar-refractivity contribution in [2.24, 2.45) is 35.0 Å². The number of fused-ring (bicyclic) bond motifs is 7. The van der Waals surface area contributed by atoms with E-state index in [0.29, 0.717) is 47.7 Å². The molecule has 3 fully saturated rings. The molecule has 3 heterocycles. The van der Waals surface area contributed by atoms with Gasteiger partial charge in [-0.3, -0.25) is 9.59 Å². The van der Waals surface area contributed by atoms with Gasteiger partial charge in [-0.1, -0.05) is 40.5 Å². The Morgan fingerprint density at radius 1 is 1.04 bits per heavy atom. The van der Waals surface area contributed by atoms with Gasteiger partial charge in [0.15, 0.2) is 0 Å². The van der Waals surface area contributed by atoms with E-state index in [4.69, 9.17) is 24.2 Å². The third kappa shape index (κ3) is 6.34. The minimum absolute atomic E-state index is 0.0752. The number of aliphatic carboxylic acids is 1. The standard InChI is InChI=1S/C35H47N3O7/c1-6-21-29-18-38(31(21)34(41)42)33(40)24(35(2,3)4)17-30(39)44-28-15-19-14-23(19)22(28)10-8-7-9-11-26-32(45-29)37-27-16-20(43-5)12-13-25(27)36-26/h12-13,16,19,21-24,28-29,31H,6-11,14-15,17-18H2,1-5H3,(H,41,42)/t19-,21+,22+,23-,24+,28+,29-,31-/m0/s1. The number of methoxy groups -OCH3 is 1. The van der Waals surface area contributed by atoms with Gasteiger partial charge in [-0.15, -0.1) is 0 Å². The minimum atomic E-state index is -1.08. The monoisotopic (exact) mass is 621 g/mol. The fraction of sp³-hybridized carbons (Fsp3) is 0.686. The van der Waals surface area contributed by atoms with E-state index in [-0.39, 0.29) is 30.9 Å². The van der Waals surface area contributed by atoms with Crippen LogP contribution in [0.25, 0.3) is 11.0 Å². The van der Waals surface area contributed by atoms with Crippen molar-refractivity contribution in [2.75, 3.05) is 13.7 Å². The van der Waals surface area contributed by atoms with E-state index in [2.05, 4.69) is 0 Å². The number of benzene rings is 1. The van der Waals surface area contributed by atoms with Gasteiger partial charge in [0.2, 0.25) is 11.8 Å². The molecule has 0 spiro atoms. The highest BCUT2D eigenvalue weighted by Gasteiger charge is 2.55. The van der Waals surface area contributed by atoms with Crippen LogP contribution in [0.4, 0.5) is 0 Å². The van der Waals surface area contributed by atoms with Gasteiger partial charge in [-0.2, -0.15) is 0 Å². The Morgan fingerprint density at radius 2 is 1.84 bits per heavy atom. The number of carboxylic acids is 1. The number of nitrogens with zero attached hydrogens (tertiary/aromatic N) is 3. The molecule has 2 aliphatic heterocycles. The number of hydrogen-bond donors (Lipinski definition) is 1. The van der Waals surface area contributed by atoms with Crippen molar-refractivity contribution in [3.8, 4) is 11.6 Å². The molecule has 1 aromatic heterocycles. The van der Waals surface area contributed by atoms with E-state index in [0.717, 1.165) is 43.3 Å². The molecule has 45 heavy (non-hydrogen) atoms. The first-order valence-corrected chi connectivity index (χ1v) is 16.7. The number of ether oxygens (including phenoxy) is 3. The number of rotatable bonds is 3. The quantitative estimate of drug-likeness (QED) is 0.445. The fourth-order valence-corrected chi connectivity index (χ4v) is 8.16. The summed E-state index contributed by atoms with van der Waals surface area (Å²) < 4.78 is 18.1. The van der Waals surface area contributed by atoms with Gasteiger partial charge in [0.1, 0.15) is 29.7 Å². The smallest absolute Gasteiger partial charge is 0.326 e. The predicted molar refractivity (Wildman–Crippen MR) is 167 cm³/mol. The predicted octanol–water partition coefficient (Wildman–Crippen LogP) is 5.44. The zero-order chi connectivity index (χ0) is 32.0. The molecular formula is C35H47N3O7. The van der Waals surface area contributed by atoms with Crippen LogP contribution in [0, 0.1) is 35.0 Å². The molecule has 4 aliphatic rings. The molecule has 8 atom stereocenters. The Bertz CT molecular complexity index is 1450. The summed E-state index contributed by atoms with van der Waals surface area (Å²) in [5.74, 6) is -0.341. The molecule has 1 N–H and O–H groups in total. The second kappa shape index (κ2) is 12.4. The van der Waals surface area contributed by atoms with E-state index in [1.807, 2.05) is 45.9 Å². The average Bonchev–Trinajstić information content (AvgIpc) is 3.52. The lowest BCUT2D eigenvalue weighted by molar-refractivity contribution is -0.160. The van der Waals surface area contributed by atoms with Crippen LogP contribution < -0.4 is 9.47 Å². The molecule has 244 valence electrons. The number of carboxylic acid groups (broad SMARTS) is 1. The summed E-state index contributed by atoms with van der Waals surface area (Å²) in [6.07, 6.45) is 6.45. The normalized spacial score (nSPS) is 32.4. The van der Waals surface area contributed by atoms with Crippen molar-refractivity contribution in [2.45, 2.75) is 104 Å². The Morgan fingerprint density at radius 3 is 2.56 bits per heavy atom. The molecule has 0 radical (unpaired) electrons. The van der Waals surface area contributed by atoms with Crippen molar-refractivity contribution in [3.05, 3.63) is 23.9 Å². The number of amides is 1. The highest BCUT2D eigenvalue weighted by Crippen LogP contribution is 2.58. The molecule has 0 unspecified atom stereocenters. The molecule has 2 aromatic rings. The highest BCUT2D eigenvalue weighted by atomic mass is 16.5. The molecule has 1 amide bonds.